The number of quaternary nitrogens is 1. The molecule has 0 radical (unpaired) electrons. The normalized spacial score (nSPS) is 44.1. The van der Waals surface area contributed by atoms with Crippen molar-refractivity contribution < 1.29 is 14.0 Å². The Kier molecular flexibility index (Phi) is 2.34. The summed E-state index contributed by atoms with van der Waals surface area (Å²) >= 11 is 0. The molecule has 13 heavy (non-hydrogen) atoms. The van der Waals surface area contributed by atoms with Crippen LogP contribution in [-0.4, -0.2) is 50.2 Å². The van der Waals surface area contributed by atoms with Crippen molar-refractivity contribution in [3.63, 3.8) is 0 Å². The lowest BCUT2D eigenvalue weighted by Crippen LogP contribution is -2.50. The molecular formula is C10H20NO2+. The van der Waals surface area contributed by atoms with Crippen LogP contribution in [0.25, 0.3) is 0 Å². The number of hydrogen-bond acceptors (Lipinski definition) is 2. The summed E-state index contributed by atoms with van der Waals surface area (Å²) in [6, 6.07) is 0.643. The van der Waals surface area contributed by atoms with Crippen LogP contribution in [0.1, 0.15) is 19.8 Å². The molecule has 2 rings (SSSR count). The molecule has 2 aliphatic rings. The molecule has 0 bridgehead atoms. The molecule has 2 fully saturated rings. The molecule has 3 heteroatoms. The maximum atomic E-state index is 5.74. The van der Waals surface area contributed by atoms with E-state index in [0.29, 0.717) is 12.1 Å². The molecule has 76 valence electrons. The van der Waals surface area contributed by atoms with Gasteiger partial charge in [0.25, 0.3) is 0 Å². The second kappa shape index (κ2) is 3.23. The Balaban J connectivity index is 2.00. The first-order valence-corrected chi connectivity index (χ1v) is 5.19. The Morgan fingerprint density at radius 1 is 1.31 bits per heavy atom. The summed E-state index contributed by atoms with van der Waals surface area (Å²) in [6.45, 7) is 4.04. The van der Waals surface area contributed by atoms with Gasteiger partial charge >= 0.3 is 0 Å². The van der Waals surface area contributed by atoms with Gasteiger partial charge < -0.3 is 14.0 Å². The summed E-state index contributed by atoms with van der Waals surface area (Å²) in [4.78, 5) is 0. The van der Waals surface area contributed by atoms with Gasteiger partial charge in [0.2, 0.25) is 0 Å². The van der Waals surface area contributed by atoms with Crippen molar-refractivity contribution in [2.75, 3.05) is 27.2 Å². The molecular weight excluding hydrogens is 166 g/mol. The maximum Gasteiger partial charge on any atom is 0.155 e. The molecule has 0 saturated carbocycles. The van der Waals surface area contributed by atoms with Gasteiger partial charge in [-0.15, -0.1) is 0 Å². The summed E-state index contributed by atoms with van der Waals surface area (Å²) in [5.74, 6) is 0. The van der Waals surface area contributed by atoms with Crippen LogP contribution < -0.4 is 0 Å². The van der Waals surface area contributed by atoms with Crippen LogP contribution in [0.2, 0.25) is 0 Å². The van der Waals surface area contributed by atoms with E-state index < -0.39 is 0 Å². The summed E-state index contributed by atoms with van der Waals surface area (Å²) in [6.07, 6.45) is 2.94. The summed E-state index contributed by atoms with van der Waals surface area (Å²) < 4.78 is 12.3. The van der Waals surface area contributed by atoms with E-state index in [2.05, 4.69) is 14.1 Å². The lowest BCUT2D eigenvalue weighted by molar-refractivity contribution is -0.905. The average molecular weight is 186 g/mol. The summed E-state index contributed by atoms with van der Waals surface area (Å²) in [5.41, 5.74) is 0. The van der Waals surface area contributed by atoms with Crippen LogP contribution >= 0.6 is 0 Å². The smallest absolute Gasteiger partial charge is 0.155 e. The molecule has 3 nitrogen and oxygen atoms in total. The third-order valence-corrected chi connectivity index (χ3v) is 3.42. The standard InChI is InChI=1S/C10H20NO2/c1-8-12-7-10(13-8)9-5-4-6-11(9,2)3/h8-10H,4-7H2,1-3H3/q+1/t8-,9-,10-/m0/s1. The van der Waals surface area contributed by atoms with E-state index in [0.717, 1.165) is 11.1 Å². The van der Waals surface area contributed by atoms with Gasteiger partial charge in [-0.2, -0.15) is 0 Å². The van der Waals surface area contributed by atoms with E-state index in [1.54, 1.807) is 0 Å². The highest BCUT2D eigenvalue weighted by Gasteiger charge is 2.43. The predicted molar refractivity (Wildman–Crippen MR) is 50.3 cm³/mol. The van der Waals surface area contributed by atoms with Gasteiger partial charge in [0.05, 0.1) is 27.2 Å². The zero-order chi connectivity index (χ0) is 9.47. The fourth-order valence-corrected chi connectivity index (χ4v) is 2.62. The molecule has 0 N–H and O–H groups in total. The van der Waals surface area contributed by atoms with Crippen molar-refractivity contribution in [3.05, 3.63) is 0 Å². The van der Waals surface area contributed by atoms with Crippen molar-refractivity contribution >= 4 is 0 Å². The molecule has 0 aromatic carbocycles. The van der Waals surface area contributed by atoms with E-state index in [4.69, 9.17) is 9.47 Å². The van der Waals surface area contributed by atoms with E-state index in [-0.39, 0.29) is 6.29 Å². The third-order valence-electron chi connectivity index (χ3n) is 3.42. The highest BCUT2D eigenvalue weighted by atomic mass is 16.7. The lowest BCUT2D eigenvalue weighted by Gasteiger charge is -2.34. The van der Waals surface area contributed by atoms with Crippen LogP contribution in [0.5, 0.6) is 0 Å². The van der Waals surface area contributed by atoms with E-state index >= 15 is 0 Å². The van der Waals surface area contributed by atoms with Gasteiger partial charge in [-0.25, -0.2) is 0 Å². The van der Waals surface area contributed by atoms with Gasteiger partial charge in [0, 0.05) is 12.8 Å². The van der Waals surface area contributed by atoms with Crippen molar-refractivity contribution in [1.29, 1.82) is 0 Å². The van der Waals surface area contributed by atoms with E-state index in [1.807, 2.05) is 6.92 Å². The number of ether oxygens (including phenoxy) is 2. The zero-order valence-corrected chi connectivity index (χ0v) is 8.82. The monoisotopic (exact) mass is 186 g/mol. The van der Waals surface area contributed by atoms with Gasteiger partial charge in [-0.3, -0.25) is 0 Å². The van der Waals surface area contributed by atoms with Gasteiger partial charge in [-0.05, 0) is 6.92 Å². The van der Waals surface area contributed by atoms with Crippen molar-refractivity contribution in [2.45, 2.75) is 38.2 Å². The maximum absolute atomic E-state index is 5.74. The molecule has 0 aliphatic carbocycles. The van der Waals surface area contributed by atoms with Crippen LogP contribution in [-0.2, 0) is 9.47 Å². The minimum Gasteiger partial charge on any atom is -0.350 e. The van der Waals surface area contributed by atoms with Gasteiger partial charge in [0.1, 0.15) is 12.1 Å². The third kappa shape index (κ3) is 1.73. The zero-order valence-electron chi connectivity index (χ0n) is 8.82. The second-order valence-corrected chi connectivity index (χ2v) is 4.79. The Morgan fingerprint density at radius 2 is 2.08 bits per heavy atom. The number of nitrogens with zero attached hydrogens (tertiary/aromatic N) is 1. The SMILES string of the molecule is C[C@H]1OC[C@@H]([C@@H]2CCC[N+]2(C)C)O1. The molecule has 0 unspecified atom stereocenters. The number of likely N-dealkylation sites (N-methyl/N-ethyl adjacent to an activating group) is 1. The molecule has 0 aromatic heterocycles. The van der Waals surface area contributed by atoms with Crippen LogP contribution in [0, 0.1) is 0 Å². The van der Waals surface area contributed by atoms with E-state index in [9.17, 15) is 0 Å². The fraction of sp³-hybridized carbons (Fsp3) is 1.00. The topological polar surface area (TPSA) is 18.5 Å². The predicted octanol–water partition coefficient (Wildman–Crippen LogP) is 0.987. The first kappa shape index (κ1) is 9.44. The average Bonchev–Trinajstić information content (AvgIpc) is 2.56. The highest BCUT2D eigenvalue weighted by molar-refractivity contribution is 4.78. The molecule has 0 spiro atoms. The minimum atomic E-state index is 0.00519. The van der Waals surface area contributed by atoms with Gasteiger partial charge in [0.15, 0.2) is 6.29 Å². The molecule has 0 aromatic rings. The lowest BCUT2D eigenvalue weighted by atomic mass is 10.1. The minimum absolute atomic E-state index is 0.00519. The molecule has 3 atom stereocenters. The van der Waals surface area contributed by atoms with E-state index in [1.165, 1.54) is 19.4 Å². The van der Waals surface area contributed by atoms with Crippen molar-refractivity contribution in [2.24, 2.45) is 0 Å². The number of likely N-dealkylation sites (tertiary alicyclic amines) is 1. The first-order chi connectivity index (χ1) is 6.09. The Labute approximate surface area is 80.2 Å². The first-order valence-electron chi connectivity index (χ1n) is 5.19. The van der Waals surface area contributed by atoms with Crippen LogP contribution in [0.15, 0.2) is 0 Å². The van der Waals surface area contributed by atoms with Crippen molar-refractivity contribution in [1.82, 2.24) is 0 Å². The van der Waals surface area contributed by atoms with Crippen LogP contribution in [0.4, 0.5) is 0 Å². The molecule has 2 saturated heterocycles. The van der Waals surface area contributed by atoms with Crippen molar-refractivity contribution in [3.8, 4) is 0 Å². The molecule has 0 amide bonds. The Morgan fingerprint density at radius 3 is 2.54 bits per heavy atom. The largest absolute Gasteiger partial charge is 0.350 e. The summed E-state index contributed by atoms with van der Waals surface area (Å²) in [7, 11) is 4.59. The van der Waals surface area contributed by atoms with Gasteiger partial charge in [-0.1, -0.05) is 0 Å². The number of rotatable bonds is 1. The number of hydrogen-bond donors (Lipinski definition) is 0. The Bertz CT molecular complexity index is 193. The fourth-order valence-electron chi connectivity index (χ4n) is 2.62. The Hall–Kier alpha value is -0.120. The molecule has 2 aliphatic heterocycles. The second-order valence-electron chi connectivity index (χ2n) is 4.79. The van der Waals surface area contributed by atoms with Crippen LogP contribution in [0.3, 0.4) is 0 Å². The quantitative estimate of drug-likeness (QED) is 0.568. The molecule has 2 heterocycles. The summed E-state index contributed by atoms with van der Waals surface area (Å²) in [5, 5.41) is 0. The highest BCUT2D eigenvalue weighted by Crippen LogP contribution is 2.29.